The van der Waals surface area contributed by atoms with Gasteiger partial charge in [-0.1, -0.05) is 6.07 Å². The molecule has 0 heterocycles. The van der Waals surface area contributed by atoms with Gasteiger partial charge in [0.15, 0.2) is 0 Å². The summed E-state index contributed by atoms with van der Waals surface area (Å²) in [6, 6.07) is 4.62. The molecule has 0 aromatic heterocycles. The van der Waals surface area contributed by atoms with E-state index in [4.69, 9.17) is 5.73 Å². The Morgan fingerprint density at radius 3 is 2.65 bits per heavy atom. The average molecular weight is 259 g/mol. The van der Waals surface area contributed by atoms with E-state index in [-0.39, 0.29) is 24.1 Å². The van der Waals surface area contributed by atoms with Gasteiger partial charge in [0.25, 0.3) is 0 Å². The summed E-state index contributed by atoms with van der Waals surface area (Å²) in [5.74, 6) is -0.537. The summed E-state index contributed by atoms with van der Waals surface area (Å²) >= 11 is 0. The summed E-state index contributed by atoms with van der Waals surface area (Å²) in [6.45, 7) is 1.63. The molecule has 2 rings (SSSR count). The molecule has 17 heavy (non-hydrogen) atoms. The number of carbonyl (C=O) groups is 1. The van der Waals surface area contributed by atoms with Crippen molar-refractivity contribution in [2.75, 3.05) is 5.32 Å². The van der Waals surface area contributed by atoms with Gasteiger partial charge in [0.2, 0.25) is 5.91 Å². The smallest absolute Gasteiger partial charge is 0.244 e. The zero-order valence-electron chi connectivity index (χ0n) is 9.63. The molecule has 1 saturated carbocycles. The van der Waals surface area contributed by atoms with E-state index >= 15 is 0 Å². The van der Waals surface area contributed by atoms with Crippen LogP contribution in [0, 0.1) is 12.7 Å². The summed E-state index contributed by atoms with van der Waals surface area (Å²) in [6.07, 6.45) is 2.38. The SMILES string of the molecule is Cc1c(F)cccc1NC(=O)C1(N)CCC1.Cl. The molecule has 1 aromatic rings. The Morgan fingerprint density at radius 1 is 1.47 bits per heavy atom. The summed E-state index contributed by atoms with van der Waals surface area (Å²) in [4.78, 5) is 11.8. The number of hydrogen-bond acceptors (Lipinski definition) is 2. The third kappa shape index (κ3) is 2.58. The average Bonchev–Trinajstić information content (AvgIpc) is 2.21. The zero-order valence-corrected chi connectivity index (χ0v) is 10.4. The van der Waals surface area contributed by atoms with E-state index in [2.05, 4.69) is 5.32 Å². The number of benzene rings is 1. The second-order valence-electron chi connectivity index (χ2n) is 4.38. The lowest BCUT2D eigenvalue weighted by Gasteiger charge is -2.36. The molecule has 94 valence electrons. The minimum Gasteiger partial charge on any atom is -0.324 e. The van der Waals surface area contributed by atoms with Crippen LogP contribution in [0.4, 0.5) is 10.1 Å². The molecule has 0 bridgehead atoms. The minimum absolute atomic E-state index is 0. The van der Waals surface area contributed by atoms with Gasteiger partial charge in [-0.3, -0.25) is 4.79 Å². The summed E-state index contributed by atoms with van der Waals surface area (Å²) in [7, 11) is 0. The largest absolute Gasteiger partial charge is 0.324 e. The quantitative estimate of drug-likeness (QED) is 0.856. The maximum absolute atomic E-state index is 13.2. The Hall–Kier alpha value is -1.13. The number of hydrogen-bond donors (Lipinski definition) is 2. The molecule has 1 aliphatic carbocycles. The topological polar surface area (TPSA) is 55.1 Å². The van der Waals surface area contributed by atoms with Crippen LogP contribution in [-0.2, 0) is 4.79 Å². The highest BCUT2D eigenvalue weighted by Crippen LogP contribution is 2.30. The fourth-order valence-electron chi connectivity index (χ4n) is 1.77. The van der Waals surface area contributed by atoms with E-state index in [1.165, 1.54) is 6.07 Å². The van der Waals surface area contributed by atoms with E-state index in [0.717, 1.165) is 6.42 Å². The van der Waals surface area contributed by atoms with Crippen molar-refractivity contribution in [3.05, 3.63) is 29.6 Å². The number of nitrogens with two attached hydrogens (primary N) is 1. The van der Waals surface area contributed by atoms with Gasteiger partial charge in [-0.15, -0.1) is 12.4 Å². The van der Waals surface area contributed by atoms with Gasteiger partial charge in [-0.2, -0.15) is 0 Å². The van der Waals surface area contributed by atoms with Crippen LogP contribution in [0.15, 0.2) is 18.2 Å². The van der Waals surface area contributed by atoms with Crippen molar-refractivity contribution < 1.29 is 9.18 Å². The minimum atomic E-state index is -0.751. The molecule has 0 saturated heterocycles. The summed E-state index contributed by atoms with van der Waals surface area (Å²) < 4.78 is 13.2. The number of rotatable bonds is 2. The molecule has 0 unspecified atom stereocenters. The second kappa shape index (κ2) is 5.02. The van der Waals surface area contributed by atoms with E-state index < -0.39 is 5.54 Å². The fraction of sp³-hybridized carbons (Fsp3) is 0.417. The van der Waals surface area contributed by atoms with Crippen molar-refractivity contribution in [3.8, 4) is 0 Å². The molecule has 3 nitrogen and oxygen atoms in total. The van der Waals surface area contributed by atoms with Gasteiger partial charge in [0.1, 0.15) is 5.82 Å². The number of halogens is 2. The first-order chi connectivity index (χ1) is 7.53. The Bertz CT molecular complexity index is 433. The van der Waals surface area contributed by atoms with Gasteiger partial charge < -0.3 is 11.1 Å². The number of anilines is 1. The van der Waals surface area contributed by atoms with E-state index in [9.17, 15) is 9.18 Å². The number of amides is 1. The van der Waals surface area contributed by atoms with E-state index in [0.29, 0.717) is 24.1 Å². The molecule has 0 radical (unpaired) electrons. The van der Waals surface area contributed by atoms with Crippen LogP contribution in [0.25, 0.3) is 0 Å². The molecule has 0 atom stereocenters. The first kappa shape index (κ1) is 13.9. The molecular weight excluding hydrogens is 243 g/mol. The van der Waals surface area contributed by atoms with Crippen molar-refractivity contribution in [2.24, 2.45) is 5.73 Å². The lowest BCUT2D eigenvalue weighted by molar-refractivity contribution is -0.123. The van der Waals surface area contributed by atoms with Crippen molar-refractivity contribution in [3.63, 3.8) is 0 Å². The van der Waals surface area contributed by atoms with Crippen LogP contribution in [0.2, 0.25) is 0 Å². The Morgan fingerprint density at radius 2 is 2.12 bits per heavy atom. The maximum atomic E-state index is 13.2. The molecule has 1 aliphatic rings. The van der Waals surface area contributed by atoms with Crippen molar-refractivity contribution in [1.82, 2.24) is 0 Å². The maximum Gasteiger partial charge on any atom is 0.244 e. The van der Waals surface area contributed by atoms with Crippen LogP contribution in [-0.4, -0.2) is 11.4 Å². The lowest BCUT2D eigenvalue weighted by atomic mass is 9.77. The predicted octanol–water partition coefficient (Wildman–Crippen LogP) is 2.38. The van der Waals surface area contributed by atoms with E-state index in [1.807, 2.05) is 0 Å². The molecule has 0 aliphatic heterocycles. The molecule has 1 amide bonds. The van der Waals surface area contributed by atoms with Gasteiger partial charge >= 0.3 is 0 Å². The second-order valence-corrected chi connectivity index (χ2v) is 4.38. The Kier molecular flexibility index (Phi) is 4.11. The van der Waals surface area contributed by atoms with Crippen molar-refractivity contribution in [1.29, 1.82) is 0 Å². The third-order valence-electron chi connectivity index (χ3n) is 3.21. The highest BCUT2D eigenvalue weighted by atomic mass is 35.5. The monoisotopic (exact) mass is 258 g/mol. The van der Waals surface area contributed by atoms with E-state index in [1.54, 1.807) is 19.1 Å². The molecular formula is C12H16ClFN2O. The number of carbonyl (C=O) groups excluding carboxylic acids is 1. The summed E-state index contributed by atoms with van der Waals surface area (Å²) in [5.41, 5.74) is 6.07. The third-order valence-corrected chi connectivity index (χ3v) is 3.21. The molecule has 3 N–H and O–H groups in total. The zero-order chi connectivity index (χ0) is 11.8. The molecule has 1 fully saturated rings. The van der Waals surface area contributed by atoms with Crippen LogP contribution in [0.3, 0.4) is 0 Å². The molecule has 5 heteroatoms. The van der Waals surface area contributed by atoms with Gasteiger partial charge in [-0.25, -0.2) is 4.39 Å². The van der Waals surface area contributed by atoms with Crippen LogP contribution >= 0.6 is 12.4 Å². The first-order valence-corrected chi connectivity index (χ1v) is 5.38. The van der Waals surface area contributed by atoms with Gasteiger partial charge in [-0.05, 0) is 38.3 Å². The highest BCUT2D eigenvalue weighted by molar-refractivity contribution is 5.99. The van der Waals surface area contributed by atoms with Crippen molar-refractivity contribution >= 4 is 24.0 Å². The van der Waals surface area contributed by atoms with Gasteiger partial charge in [0, 0.05) is 11.3 Å². The van der Waals surface area contributed by atoms with Crippen LogP contribution in [0.1, 0.15) is 24.8 Å². The fourth-order valence-corrected chi connectivity index (χ4v) is 1.77. The molecule has 1 aromatic carbocycles. The number of nitrogens with one attached hydrogen (secondary N) is 1. The predicted molar refractivity (Wildman–Crippen MR) is 67.8 cm³/mol. The van der Waals surface area contributed by atoms with Crippen LogP contribution < -0.4 is 11.1 Å². The van der Waals surface area contributed by atoms with Gasteiger partial charge in [0.05, 0.1) is 5.54 Å². The Balaban J connectivity index is 0.00000144. The Labute approximate surface area is 106 Å². The first-order valence-electron chi connectivity index (χ1n) is 5.38. The van der Waals surface area contributed by atoms with Crippen molar-refractivity contribution in [2.45, 2.75) is 31.7 Å². The molecule has 0 spiro atoms. The normalized spacial score (nSPS) is 16.6. The standard InChI is InChI=1S/C12H15FN2O.ClH/c1-8-9(13)4-2-5-10(8)15-11(16)12(14)6-3-7-12;/h2,4-5H,3,6-7,14H2,1H3,(H,15,16);1H. The highest BCUT2D eigenvalue weighted by Gasteiger charge is 2.40. The summed E-state index contributed by atoms with van der Waals surface area (Å²) in [5, 5.41) is 2.69. The lowest BCUT2D eigenvalue weighted by Crippen LogP contribution is -2.56. The van der Waals surface area contributed by atoms with Crippen LogP contribution in [0.5, 0.6) is 0 Å².